The second-order valence-electron chi connectivity index (χ2n) is 4.81. The Hall–Kier alpha value is -1.06. The molecule has 1 atom stereocenters. The van der Waals surface area contributed by atoms with E-state index in [4.69, 9.17) is 9.84 Å². The van der Waals surface area contributed by atoms with Crippen molar-refractivity contribution in [3.63, 3.8) is 0 Å². The molecule has 3 heteroatoms. The fraction of sp³-hybridized carbons (Fsp3) is 0.538. The Labute approximate surface area is 95.6 Å². The van der Waals surface area contributed by atoms with Crippen molar-refractivity contribution in [2.75, 3.05) is 32.8 Å². The standard InChI is InChI=1S/C13H17NO2/c15-8-10-5-14(6-10)7-11-9-16-13-4-2-1-3-12(11)13/h1-4,10-11,15H,5-9H2. The van der Waals surface area contributed by atoms with Crippen molar-refractivity contribution in [3.05, 3.63) is 29.8 Å². The number of ether oxygens (including phenoxy) is 1. The Balaban J connectivity index is 1.62. The summed E-state index contributed by atoms with van der Waals surface area (Å²) >= 11 is 0. The van der Waals surface area contributed by atoms with Crippen molar-refractivity contribution in [2.24, 2.45) is 5.92 Å². The van der Waals surface area contributed by atoms with Crippen LogP contribution < -0.4 is 4.74 Å². The molecule has 0 amide bonds. The van der Waals surface area contributed by atoms with Crippen LogP contribution in [0.3, 0.4) is 0 Å². The summed E-state index contributed by atoms with van der Waals surface area (Å²) in [6.45, 7) is 4.27. The number of hydrogen-bond donors (Lipinski definition) is 1. The van der Waals surface area contributed by atoms with Gasteiger partial charge in [0.2, 0.25) is 0 Å². The fourth-order valence-electron chi connectivity index (χ4n) is 2.63. The van der Waals surface area contributed by atoms with Gasteiger partial charge >= 0.3 is 0 Å². The first kappa shape index (κ1) is 10.1. The molecule has 16 heavy (non-hydrogen) atoms. The zero-order valence-electron chi connectivity index (χ0n) is 9.30. The van der Waals surface area contributed by atoms with Crippen LogP contribution in [0, 0.1) is 5.92 Å². The number of likely N-dealkylation sites (tertiary alicyclic amines) is 1. The summed E-state index contributed by atoms with van der Waals surface area (Å²) in [6, 6.07) is 8.30. The van der Waals surface area contributed by atoms with Gasteiger partial charge in [-0.3, -0.25) is 0 Å². The Morgan fingerprint density at radius 3 is 2.94 bits per heavy atom. The lowest BCUT2D eigenvalue weighted by atomic mass is 9.95. The number of rotatable bonds is 3. The van der Waals surface area contributed by atoms with Gasteiger partial charge < -0.3 is 14.7 Å². The molecule has 2 aliphatic heterocycles. The van der Waals surface area contributed by atoms with E-state index in [9.17, 15) is 0 Å². The topological polar surface area (TPSA) is 32.7 Å². The van der Waals surface area contributed by atoms with Gasteiger partial charge in [0.15, 0.2) is 0 Å². The minimum atomic E-state index is 0.328. The van der Waals surface area contributed by atoms with Crippen LogP contribution in [0.5, 0.6) is 5.75 Å². The normalized spacial score (nSPS) is 24.9. The van der Waals surface area contributed by atoms with E-state index in [0.717, 1.165) is 32.0 Å². The van der Waals surface area contributed by atoms with Gasteiger partial charge in [0.05, 0.1) is 6.61 Å². The molecular formula is C13H17NO2. The van der Waals surface area contributed by atoms with Gasteiger partial charge in [0.1, 0.15) is 5.75 Å². The summed E-state index contributed by atoms with van der Waals surface area (Å²) in [5.41, 5.74) is 1.34. The second-order valence-corrected chi connectivity index (χ2v) is 4.81. The van der Waals surface area contributed by atoms with Gasteiger partial charge in [-0.25, -0.2) is 0 Å². The molecule has 3 rings (SSSR count). The van der Waals surface area contributed by atoms with Crippen molar-refractivity contribution in [2.45, 2.75) is 5.92 Å². The molecule has 2 aliphatic rings. The molecule has 0 saturated carbocycles. The highest BCUT2D eigenvalue weighted by atomic mass is 16.5. The van der Waals surface area contributed by atoms with Crippen molar-refractivity contribution in [1.82, 2.24) is 4.90 Å². The molecule has 1 saturated heterocycles. The van der Waals surface area contributed by atoms with Crippen LogP contribution in [0.1, 0.15) is 11.5 Å². The highest BCUT2D eigenvalue weighted by Crippen LogP contribution is 2.34. The van der Waals surface area contributed by atoms with Gasteiger partial charge in [0.25, 0.3) is 0 Å². The highest BCUT2D eigenvalue weighted by Gasteiger charge is 2.31. The summed E-state index contributed by atoms with van der Waals surface area (Å²) in [5.74, 6) is 2.06. The van der Waals surface area contributed by atoms with Crippen LogP contribution in [0.2, 0.25) is 0 Å². The molecule has 86 valence electrons. The summed E-state index contributed by atoms with van der Waals surface area (Å²) in [4.78, 5) is 2.40. The maximum atomic E-state index is 8.97. The lowest BCUT2D eigenvalue weighted by Crippen LogP contribution is -2.49. The zero-order chi connectivity index (χ0) is 11.0. The lowest BCUT2D eigenvalue weighted by Gasteiger charge is -2.39. The Bertz CT molecular complexity index is 374. The third kappa shape index (κ3) is 1.70. The van der Waals surface area contributed by atoms with Crippen LogP contribution in [0.25, 0.3) is 0 Å². The number of benzene rings is 1. The van der Waals surface area contributed by atoms with Crippen LogP contribution in [-0.2, 0) is 0 Å². The van der Waals surface area contributed by atoms with Crippen LogP contribution in [0.4, 0.5) is 0 Å². The van der Waals surface area contributed by atoms with Gasteiger partial charge in [-0.2, -0.15) is 0 Å². The number of hydrogen-bond acceptors (Lipinski definition) is 3. The monoisotopic (exact) mass is 219 g/mol. The number of fused-ring (bicyclic) bond motifs is 1. The van der Waals surface area contributed by atoms with Crippen molar-refractivity contribution in [1.29, 1.82) is 0 Å². The summed E-state index contributed by atoms with van der Waals surface area (Å²) in [7, 11) is 0. The molecule has 1 aromatic carbocycles. The molecule has 1 fully saturated rings. The van der Waals surface area contributed by atoms with E-state index >= 15 is 0 Å². The second kappa shape index (κ2) is 4.07. The SMILES string of the molecule is OCC1CN(CC2COc3ccccc32)C1. The Kier molecular flexibility index (Phi) is 2.58. The third-order valence-electron chi connectivity index (χ3n) is 3.57. The maximum Gasteiger partial charge on any atom is 0.122 e. The van der Waals surface area contributed by atoms with E-state index in [1.54, 1.807) is 0 Å². The van der Waals surface area contributed by atoms with E-state index in [-0.39, 0.29) is 0 Å². The Morgan fingerprint density at radius 2 is 2.12 bits per heavy atom. The first-order chi connectivity index (χ1) is 7.86. The van der Waals surface area contributed by atoms with E-state index in [0.29, 0.717) is 18.4 Å². The summed E-state index contributed by atoms with van der Waals surface area (Å²) in [5, 5.41) is 8.97. The molecule has 1 aromatic rings. The maximum absolute atomic E-state index is 8.97. The molecule has 0 aromatic heterocycles. The van der Waals surface area contributed by atoms with Gasteiger partial charge in [-0.15, -0.1) is 0 Å². The smallest absolute Gasteiger partial charge is 0.122 e. The van der Waals surface area contributed by atoms with E-state index in [1.165, 1.54) is 5.56 Å². The molecule has 0 radical (unpaired) electrons. The van der Waals surface area contributed by atoms with Gasteiger partial charge in [-0.05, 0) is 6.07 Å². The summed E-state index contributed by atoms with van der Waals surface area (Å²) < 4.78 is 5.66. The van der Waals surface area contributed by atoms with E-state index in [1.807, 2.05) is 12.1 Å². The quantitative estimate of drug-likeness (QED) is 0.826. The van der Waals surface area contributed by atoms with E-state index in [2.05, 4.69) is 17.0 Å². The largest absolute Gasteiger partial charge is 0.493 e. The molecule has 2 heterocycles. The molecule has 0 spiro atoms. The fourth-order valence-corrected chi connectivity index (χ4v) is 2.63. The van der Waals surface area contributed by atoms with Crippen LogP contribution in [0.15, 0.2) is 24.3 Å². The summed E-state index contributed by atoms with van der Waals surface area (Å²) in [6.07, 6.45) is 0. The van der Waals surface area contributed by atoms with Crippen molar-refractivity contribution < 1.29 is 9.84 Å². The molecule has 0 aliphatic carbocycles. The van der Waals surface area contributed by atoms with Gasteiger partial charge in [-0.1, -0.05) is 18.2 Å². The van der Waals surface area contributed by atoms with Crippen molar-refractivity contribution in [3.8, 4) is 5.75 Å². The first-order valence-electron chi connectivity index (χ1n) is 5.91. The molecule has 0 bridgehead atoms. The molecular weight excluding hydrogens is 202 g/mol. The Morgan fingerprint density at radius 1 is 1.31 bits per heavy atom. The van der Waals surface area contributed by atoms with Crippen molar-refractivity contribution >= 4 is 0 Å². The number of aliphatic hydroxyl groups excluding tert-OH is 1. The number of para-hydroxylation sites is 1. The minimum absolute atomic E-state index is 0.328. The molecule has 3 nitrogen and oxygen atoms in total. The average molecular weight is 219 g/mol. The van der Waals surface area contributed by atoms with Gasteiger partial charge in [0, 0.05) is 43.6 Å². The van der Waals surface area contributed by atoms with Crippen LogP contribution in [-0.4, -0.2) is 42.9 Å². The predicted octanol–water partition coefficient (Wildman–Crippen LogP) is 1.09. The average Bonchev–Trinajstić information content (AvgIpc) is 2.66. The zero-order valence-corrected chi connectivity index (χ0v) is 9.30. The number of aliphatic hydroxyl groups is 1. The lowest BCUT2D eigenvalue weighted by molar-refractivity contribution is 0.0474. The third-order valence-corrected chi connectivity index (χ3v) is 3.57. The van der Waals surface area contributed by atoms with E-state index < -0.39 is 0 Å². The first-order valence-corrected chi connectivity index (χ1v) is 5.91. The highest BCUT2D eigenvalue weighted by molar-refractivity contribution is 5.39. The van der Waals surface area contributed by atoms with Crippen LogP contribution >= 0.6 is 0 Å². The predicted molar refractivity (Wildman–Crippen MR) is 61.7 cm³/mol. The number of nitrogens with zero attached hydrogens (tertiary/aromatic N) is 1. The molecule has 1 N–H and O–H groups in total. The molecule has 1 unspecified atom stereocenters. The minimum Gasteiger partial charge on any atom is -0.493 e.